The minimum absolute atomic E-state index is 1.05. The summed E-state index contributed by atoms with van der Waals surface area (Å²) >= 11 is 0. The lowest BCUT2D eigenvalue weighted by Crippen LogP contribution is -2.31. The Morgan fingerprint density at radius 3 is 2.71 bits per heavy atom. The number of pyridine rings is 1. The van der Waals surface area contributed by atoms with Crippen LogP contribution in [0, 0.1) is 0 Å². The lowest BCUT2D eigenvalue weighted by atomic mass is 10.0. The van der Waals surface area contributed by atoms with Crippen molar-refractivity contribution in [3.05, 3.63) is 65.6 Å². The molecule has 124 valence electrons. The van der Waals surface area contributed by atoms with Crippen molar-refractivity contribution in [2.24, 2.45) is 0 Å². The van der Waals surface area contributed by atoms with Gasteiger partial charge in [-0.05, 0) is 48.7 Å². The van der Waals surface area contributed by atoms with Gasteiger partial charge in [-0.15, -0.1) is 0 Å². The maximum Gasteiger partial charge on any atom is 0.0486 e. The first kappa shape index (κ1) is 15.4. The minimum atomic E-state index is 1.05. The van der Waals surface area contributed by atoms with Gasteiger partial charge in [-0.1, -0.05) is 25.1 Å². The van der Waals surface area contributed by atoms with Crippen LogP contribution in [0.3, 0.4) is 0 Å². The van der Waals surface area contributed by atoms with Gasteiger partial charge in [0.25, 0.3) is 0 Å². The lowest BCUT2D eigenvalue weighted by molar-refractivity contribution is 0.252. The van der Waals surface area contributed by atoms with Crippen LogP contribution in [0.1, 0.15) is 30.2 Å². The fourth-order valence-electron chi connectivity index (χ4n) is 4.01. The average Bonchev–Trinajstić information content (AvgIpc) is 2.95. The second kappa shape index (κ2) is 6.78. The van der Waals surface area contributed by atoms with Crippen LogP contribution in [0.4, 0.5) is 0 Å². The first-order chi connectivity index (χ1) is 11.9. The van der Waals surface area contributed by atoms with Gasteiger partial charge in [0.1, 0.15) is 0 Å². The number of hydrogen-bond acceptors (Lipinski definition) is 2. The number of aromatic nitrogens is 2. The first-order valence-corrected chi connectivity index (χ1v) is 9.07. The number of para-hydroxylation sites is 1. The van der Waals surface area contributed by atoms with E-state index in [2.05, 4.69) is 57.8 Å². The summed E-state index contributed by atoms with van der Waals surface area (Å²) in [6, 6.07) is 13.2. The van der Waals surface area contributed by atoms with Crippen molar-refractivity contribution in [2.45, 2.75) is 39.3 Å². The molecule has 1 aliphatic rings. The molecule has 4 rings (SSSR count). The monoisotopic (exact) mass is 319 g/mol. The molecule has 0 aliphatic carbocycles. The van der Waals surface area contributed by atoms with Gasteiger partial charge in [0, 0.05) is 55.0 Å². The van der Waals surface area contributed by atoms with Crippen LogP contribution in [0.2, 0.25) is 0 Å². The molecule has 0 radical (unpaired) electrons. The lowest BCUT2D eigenvalue weighted by Gasteiger charge is -2.27. The maximum atomic E-state index is 4.12. The van der Waals surface area contributed by atoms with Crippen LogP contribution in [-0.4, -0.2) is 27.5 Å². The predicted octanol–water partition coefficient (Wildman–Crippen LogP) is 4.05. The third kappa shape index (κ3) is 2.84. The molecule has 0 amide bonds. The Bertz CT molecular complexity index is 820. The quantitative estimate of drug-likeness (QED) is 0.707. The van der Waals surface area contributed by atoms with Crippen molar-refractivity contribution < 1.29 is 0 Å². The largest absolute Gasteiger partial charge is 0.344 e. The fourth-order valence-corrected chi connectivity index (χ4v) is 4.01. The second-order valence-electron chi connectivity index (χ2n) is 6.73. The summed E-state index contributed by atoms with van der Waals surface area (Å²) in [5, 5.41) is 1.45. The molecular formula is C21H25N3. The van der Waals surface area contributed by atoms with Crippen LogP contribution < -0.4 is 0 Å². The van der Waals surface area contributed by atoms with E-state index < -0.39 is 0 Å². The Hall–Kier alpha value is -2.13. The molecule has 24 heavy (non-hydrogen) atoms. The molecule has 0 bridgehead atoms. The Morgan fingerprint density at radius 1 is 1.04 bits per heavy atom. The fraction of sp³-hybridized carbons (Fsp3) is 0.381. The van der Waals surface area contributed by atoms with Crippen LogP contribution in [0.25, 0.3) is 10.9 Å². The van der Waals surface area contributed by atoms with Crippen molar-refractivity contribution in [1.29, 1.82) is 0 Å². The minimum Gasteiger partial charge on any atom is -0.344 e. The van der Waals surface area contributed by atoms with Gasteiger partial charge >= 0.3 is 0 Å². The van der Waals surface area contributed by atoms with Gasteiger partial charge in [0.2, 0.25) is 0 Å². The van der Waals surface area contributed by atoms with Crippen LogP contribution in [0.5, 0.6) is 0 Å². The van der Waals surface area contributed by atoms with E-state index in [9.17, 15) is 0 Å². The molecule has 0 saturated carbocycles. The summed E-state index contributed by atoms with van der Waals surface area (Å²) < 4.78 is 2.56. The molecule has 3 heteroatoms. The summed E-state index contributed by atoms with van der Waals surface area (Å²) in [7, 11) is 0. The smallest absolute Gasteiger partial charge is 0.0486 e. The zero-order valence-corrected chi connectivity index (χ0v) is 14.4. The summed E-state index contributed by atoms with van der Waals surface area (Å²) in [4.78, 5) is 6.72. The molecule has 0 atom stereocenters. The average molecular weight is 319 g/mol. The van der Waals surface area contributed by atoms with Crippen molar-refractivity contribution in [3.63, 3.8) is 0 Å². The summed E-state index contributed by atoms with van der Waals surface area (Å²) in [5.74, 6) is 0. The van der Waals surface area contributed by atoms with Crippen LogP contribution in [-0.2, 0) is 25.9 Å². The van der Waals surface area contributed by atoms with E-state index in [1.807, 2.05) is 12.4 Å². The van der Waals surface area contributed by atoms with Crippen LogP contribution >= 0.6 is 0 Å². The molecule has 0 fully saturated rings. The zero-order chi connectivity index (χ0) is 16.4. The molecule has 0 N–H and O–H groups in total. The SMILES string of the molecule is CCCN1CCc2c(c3ccccc3n2CCc2ccncc2)C1. The van der Waals surface area contributed by atoms with E-state index in [0.717, 1.165) is 19.5 Å². The van der Waals surface area contributed by atoms with E-state index in [1.54, 1.807) is 11.3 Å². The zero-order valence-electron chi connectivity index (χ0n) is 14.4. The summed E-state index contributed by atoms with van der Waals surface area (Å²) in [6.07, 6.45) is 7.24. The number of aryl methyl sites for hydroxylation is 2. The Labute approximate surface area is 143 Å². The second-order valence-corrected chi connectivity index (χ2v) is 6.73. The highest BCUT2D eigenvalue weighted by Gasteiger charge is 2.23. The molecular weight excluding hydrogens is 294 g/mol. The molecule has 0 saturated heterocycles. The first-order valence-electron chi connectivity index (χ1n) is 9.07. The number of nitrogens with zero attached hydrogens (tertiary/aromatic N) is 3. The number of hydrogen-bond donors (Lipinski definition) is 0. The predicted molar refractivity (Wildman–Crippen MR) is 99.2 cm³/mol. The molecule has 0 unspecified atom stereocenters. The van der Waals surface area contributed by atoms with E-state index in [1.165, 1.54) is 42.4 Å². The van der Waals surface area contributed by atoms with Gasteiger partial charge in [0.15, 0.2) is 0 Å². The Balaban J connectivity index is 1.68. The van der Waals surface area contributed by atoms with Gasteiger partial charge in [-0.25, -0.2) is 0 Å². The standard InChI is InChI=1S/C21H25N3/c1-2-13-23-14-10-21-19(16-23)18-5-3-4-6-20(18)24(21)15-9-17-7-11-22-12-8-17/h3-8,11-12H,2,9-10,13-16H2,1H3. The van der Waals surface area contributed by atoms with E-state index >= 15 is 0 Å². The Morgan fingerprint density at radius 2 is 1.88 bits per heavy atom. The Kier molecular flexibility index (Phi) is 4.35. The number of fused-ring (bicyclic) bond motifs is 3. The van der Waals surface area contributed by atoms with Crippen molar-refractivity contribution in [3.8, 4) is 0 Å². The third-order valence-electron chi connectivity index (χ3n) is 5.15. The van der Waals surface area contributed by atoms with Gasteiger partial charge < -0.3 is 4.57 Å². The molecule has 1 aliphatic heterocycles. The highest BCUT2D eigenvalue weighted by atomic mass is 15.1. The molecule has 3 nitrogen and oxygen atoms in total. The number of benzene rings is 1. The van der Waals surface area contributed by atoms with E-state index in [-0.39, 0.29) is 0 Å². The molecule has 2 aromatic heterocycles. The molecule has 3 heterocycles. The number of rotatable bonds is 5. The van der Waals surface area contributed by atoms with E-state index in [0.29, 0.717) is 0 Å². The highest BCUT2D eigenvalue weighted by Crippen LogP contribution is 2.31. The normalized spacial score (nSPS) is 14.9. The van der Waals surface area contributed by atoms with Crippen molar-refractivity contribution in [1.82, 2.24) is 14.5 Å². The van der Waals surface area contributed by atoms with Crippen molar-refractivity contribution >= 4 is 10.9 Å². The third-order valence-corrected chi connectivity index (χ3v) is 5.15. The van der Waals surface area contributed by atoms with Gasteiger partial charge in [-0.3, -0.25) is 9.88 Å². The molecule has 0 spiro atoms. The molecule has 3 aromatic rings. The summed E-state index contributed by atoms with van der Waals surface area (Å²) in [5.41, 5.74) is 5.87. The van der Waals surface area contributed by atoms with Gasteiger partial charge in [-0.2, -0.15) is 0 Å². The highest BCUT2D eigenvalue weighted by molar-refractivity contribution is 5.85. The van der Waals surface area contributed by atoms with Crippen LogP contribution in [0.15, 0.2) is 48.8 Å². The molecule has 1 aromatic carbocycles. The summed E-state index contributed by atoms with van der Waals surface area (Å²) in [6.45, 7) is 6.81. The maximum absolute atomic E-state index is 4.12. The topological polar surface area (TPSA) is 21.1 Å². The van der Waals surface area contributed by atoms with Gasteiger partial charge in [0.05, 0.1) is 0 Å². The van der Waals surface area contributed by atoms with E-state index in [4.69, 9.17) is 0 Å². The van der Waals surface area contributed by atoms with Crippen molar-refractivity contribution in [2.75, 3.05) is 13.1 Å².